The van der Waals surface area contributed by atoms with Crippen molar-refractivity contribution < 1.29 is 9.84 Å². The van der Waals surface area contributed by atoms with Gasteiger partial charge in [0.1, 0.15) is 11.9 Å². The van der Waals surface area contributed by atoms with Crippen molar-refractivity contribution in [3.05, 3.63) is 71.8 Å². The third kappa shape index (κ3) is 4.20. The molecule has 0 spiro atoms. The monoisotopic (exact) mass is 297 g/mol. The van der Waals surface area contributed by atoms with Crippen molar-refractivity contribution in [1.82, 2.24) is 4.90 Å². The van der Waals surface area contributed by atoms with Crippen molar-refractivity contribution >= 4 is 5.57 Å². The van der Waals surface area contributed by atoms with Crippen LogP contribution in [0.4, 0.5) is 0 Å². The number of nitrogens with zero attached hydrogens (tertiary/aromatic N) is 1. The summed E-state index contributed by atoms with van der Waals surface area (Å²) in [5.41, 5.74) is 2.74. The molecule has 2 aromatic rings. The summed E-state index contributed by atoms with van der Waals surface area (Å²) in [5, 5.41) is 10.8. The SMILES string of the molecule is COc1cccc(C(=CCN(C)C)C(O)c2ccccc2)c1. The molecule has 3 heteroatoms. The van der Waals surface area contributed by atoms with E-state index < -0.39 is 6.10 Å². The third-order valence-corrected chi connectivity index (χ3v) is 3.49. The molecule has 116 valence electrons. The van der Waals surface area contributed by atoms with E-state index in [4.69, 9.17) is 4.74 Å². The van der Waals surface area contributed by atoms with E-state index in [2.05, 4.69) is 11.0 Å². The van der Waals surface area contributed by atoms with E-state index in [1.807, 2.05) is 68.7 Å². The van der Waals surface area contributed by atoms with Crippen molar-refractivity contribution in [2.75, 3.05) is 27.7 Å². The van der Waals surface area contributed by atoms with Gasteiger partial charge in [-0.15, -0.1) is 0 Å². The maximum Gasteiger partial charge on any atom is 0.119 e. The van der Waals surface area contributed by atoms with Crippen LogP contribution in [0.3, 0.4) is 0 Å². The first-order valence-corrected chi connectivity index (χ1v) is 7.34. The molecule has 1 N–H and O–H groups in total. The number of ether oxygens (including phenoxy) is 1. The molecule has 1 unspecified atom stereocenters. The van der Waals surface area contributed by atoms with Crippen molar-refractivity contribution in [2.45, 2.75) is 6.10 Å². The normalized spacial score (nSPS) is 13.2. The van der Waals surface area contributed by atoms with Gasteiger partial charge in [0.25, 0.3) is 0 Å². The maximum absolute atomic E-state index is 10.8. The lowest BCUT2D eigenvalue weighted by atomic mass is 9.94. The van der Waals surface area contributed by atoms with Crippen LogP contribution in [0.2, 0.25) is 0 Å². The van der Waals surface area contributed by atoms with Gasteiger partial charge >= 0.3 is 0 Å². The van der Waals surface area contributed by atoms with Gasteiger partial charge in [0.05, 0.1) is 7.11 Å². The number of methoxy groups -OCH3 is 1. The van der Waals surface area contributed by atoms with Gasteiger partial charge in [-0.3, -0.25) is 0 Å². The highest BCUT2D eigenvalue weighted by Gasteiger charge is 2.15. The standard InChI is InChI=1S/C19H23NO2/c1-20(2)13-12-18(16-10-7-11-17(14-16)22-3)19(21)15-8-5-4-6-9-15/h4-12,14,19,21H,13H2,1-3H3. The van der Waals surface area contributed by atoms with Gasteiger partial charge in [-0.05, 0) is 42.9 Å². The highest BCUT2D eigenvalue weighted by molar-refractivity contribution is 5.71. The van der Waals surface area contributed by atoms with Gasteiger partial charge in [0.2, 0.25) is 0 Å². The van der Waals surface area contributed by atoms with Crippen LogP contribution in [0.5, 0.6) is 5.75 Å². The average Bonchev–Trinajstić information content (AvgIpc) is 2.55. The molecule has 3 nitrogen and oxygen atoms in total. The molecular weight excluding hydrogens is 274 g/mol. The van der Waals surface area contributed by atoms with Crippen LogP contribution in [0.1, 0.15) is 17.2 Å². The number of aliphatic hydroxyl groups is 1. The number of benzene rings is 2. The minimum Gasteiger partial charge on any atom is -0.497 e. The summed E-state index contributed by atoms with van der Waals surface area (Å²) in [6.07, 6.45) is 1.40. The molecule has 2 aromatic carbocycles. The maximum atomic E-state index is 10.8. The zero-order valence-corrected chi connectivity index (χ0v) is 13.4. The minimum absolute atomic E-state index is 0.659. The second kappa shape index (κ2) is 7.78. The Balaban J connectivity index is 2.40. The van der Waals surface area contributed by atoms with E-state index in [-0.39, 0.29) is 0 Å². The van der Waals surface area contributed by atoms with E-state index in [9.17, 15) is 5.11 Å². The fourth-order valence-electron chi connectivity index (χ4n) is 2.29. The van der Waals surface area contributed by atoms with Crippen LogP contribution in [-0.4, -0.2) is 37.8 Å². The molecule has 22 heavy (non-hydrogen) atoms. The van der Waals surface area contributed by atoms with Crippen LogP contribution < -0.4 is 4.74 Å². The Bertz CT molecular complexity index is 620. The zero-order chi connectivity index (χ0) is 15.9. The molecule has 0 saturated carbocycles. The Hall–Kier alpha value is -2.10. The van der Waals surface area contributed by atoms with Gasteiger partial charge in [-0.1, -0.05) is 48.5 Å². The number of hydrogen-bond acceptors (Lipinski definition) is 3. The summed E-state index contributed by atoms with van der Waals surface area (Å²) in [4.78, 5) is 2.07. The summed E-state index contributed by atoms with van der Waals surface area (Å²) in [6, 6.07) is 17.5. The minimum atomic E-state index is -0.659. The largest absolute Gasteiger partial charge is 0.497 e. The molecule has 0 radical (unpaired) electrons. The van der Waals surface area contributed by atoms with Crippen LogP contribution in [0, 0.1) is 0 Å². The first-order valence-electron chi connectivity index (χ1n) is 7.34. The smallest absolute Gasteiger partial charge is 0.119 e. The molecular formula is C19H23NO2. The van der Waals surface area contributed by atoms with Gasteiger partial charge in [0, 0.05) is 6.54 Å². The number of rotatable bonds is 6. The third-order valence-electron chi connectivity index (χ3n) is 3.49. The second-order valence-corrected chi connectivity index (χ2v) is 5.47. The topological polar surface area (TPSA) is 32.7 Å². The van der Waals surface area contributed by atoms with Crippen molar-refractivity contribution in [1.29, 1.82) is 0 Å². The summed E-state index contributed by atoms with van der Waals surface area (Å²) in [5.74, 6) is 0.786. The quantitative estimate of drug-likeness (QED) is 0.887. The lowest BCUT2D eigenvalue weighted by Gasteiger charge is -2.18. The van der Waals surface area contributed by atoms with E-state index in [0.717, 1.165) is 29.0 Å². The Labute approximate surface area is 132 Å². The molecule has 1 atom stereocenters. The molecule has 2 rings (SSSR count). The van der Waals surface area contributed by atoms with Crippen molar-refractivity contribution in [3.8, 4) is 5.75 Å². The Morgan fingerprint density at radius 2 is 1.86 bits per heavy atom. The van der Waals surface area contributed by atoms with Gasteiger partial charge in [-0.25, -0.2) is 0 Å². The van der Waals surface area contributed by atoms with Crippen LogP contribution in [-0.2, 0) is 0 Å². The summed E-state index contributed by atoms with van der Waals surface area (Å²) >= 11 is 0. The number of hydrogen-bond donors (Lipinski definition) is 1. The Kier molecular flexibility index (Phi) is 5.75. The molecule has 0 saturated heterocycles. The Morgan fingerprint density at radius 3 is 2.50 bits per heavy atom. The number of likely N-dealkylation sites (N-methyl/N-ethyl adjacent to an activating group) is 1. The molecule has 0 fully saturated rings. The van der Waals surface area contributed by atoms with E-state index in [0.29, 0.717) is 0 Å². The van der Waals surface area contributed by atoms with Gasteiger partial charge in [0.15, 0.2) is 0 Å². The summed E-state index contributed by atoms with van der Waals surface area (Å²) in [7, 11) is 5.67. The first kappa shape index (κ1) is 16.3. The van der Waals surface area contributed by atoms with Crippen LogP contribution >= 0.6 is 0 Å². The summed E-state index contributed by atoms with van der Waals surface area (Å²) < 4.78 is 5.30. The molecule has 0 aliphatic carbocycles. The second-order valence-electron chi connectivity index (χ2n) is 5.47. The molecule has 0 bridgehead atoms. The lowest BCUT2D eigenvalue weighted by Crippen LogP contribution is -2.12. The van der Waals surface area contributed by atoms with Crippen molar-refractivity contribution in [2.24, 2.45) is 0 Å². The molecule has 0 aliphatic heterocycles. The fourth-order valence-corrected chi connectivity index (χ4v) is 2.29. The Morgan fingerprint density at radius 1 is 1.14 bits per heavy atom. The van der Waals surface area contributed by atoms with E-state index in [1.54, 1.807) is 7.11 Å². The van der Waals surface area contributed by atoms with E-state index in [1.165, 1.54) is 0 Å². The predicted octanol–water partition coefficient (Wildman–Crippen LogP) is 3.37. The van der Waals surface area contributed by atoms with E-state index >= 15 is 0 Å². The predicted molar refractivity (Wildman–Crippen MR) is 90.9 cm³/mol. The highest BCUT2D eigenvalue weighted by atomic mass is 16.5. The number of aliphatic hydroxyl groups excluding tert-OH is 1. The molecule has 0 amide bonds. The van der Waals surface area contributed by atoms with Crippen molar-refractivity contribution in [3.63, 3.8) is 0 Å². The average molecular weight is 297 g/mol. The van der Waals surface area contributed by atoms with Crippen LogP contribution in [0.25, 0.3) is 5.57 Å². The van der Waals surface area contributed by atoms with Gasteiger partial charge < -0.3 is 14.7 Å². The molecule has 0 aromatic heterocycles. The molecule has 0 aliphatic rings. The fraction of sp³-hybridized carbons (Fsp3) is 0.263. The summed E-state index contributed by atoms with van der Waals surface area (Å²) in [6.45, 7) is 0.760. The zero-order valence-electron chi connectivity index (χ0n) is 13.4. The molecule has 0 heterocycles. The highest BCUT2D eigenvalue weighted by Crippen LogP contribution is 2.31. The van der Waals surface area contributed by atoms with Gasteiger partial charge in [-0.2, -0.15) is 0 Å². The lowest BCUT2D eigenvalue weighted by molar-refractivity contribution is 0.237. The van der Waals surface area contributed by atoms with Crippen LogP contribution in [0.15, 0.2) is 60.7 Å². The first-order chi connectivity index (χ1) is 10.6.